The molecule has 0 radical (unpaired) electrons. The zero-order valence-electron chi connectivity index (χ0n) is 13.8. The Morgan fingerprint density at radius 3 is 2.87 bits per heavy atom. The highest BCUT2D eigenvalue weighted by Crippen LogP contribution is 2.26. The SMILES string of the molecule is CC(=O)N(Cc1ncc(C)o1)[C@@H]1CCN([C@@H]2C[C@@H](C)OC2=O)C1. The second-order valence-electron chi connectivity index (χ2n) is 6.45. The molecule has 2 fully saturated rings. The van der Waals surface area contributed by atoms with Crippen molar-refractivity contribution in [1.82, 2.24) is 14.8 Å². The second-order valence-corrected chi connectivity index (χ2v) is 6.45. The third-order valence-corrected chi connectivity index (χ3v) is 4.60. The molecule has 0 N–H and O–H groups in total. The zero-order valence-corrected chi connectivity index (χ0v) is 13.8. The van der Waals surface area contributed by atoms with E-state index in [1.54, 1.807) is 18.0 Å². The number of likely N-dealkylation sites (tertiary alicyclic amines) is 1. The third-order valence-electron chi connectivity index (χ3n) is 4.60. The summed E-state index contributed by atoms with van der Waals surface area (Å²) in [5.74, 6) is 1.13. The minimum atomic E-state index is -0.173. The summed E-state index contributed by atoms with van der Waals surface area (Å²) in [6.07, 6.45) is 3.21. The zero-order chi connectivity index (χ0) is 16.6. The summed E-state index contributed by atoms with van der Waals surface area (Å²) in [6, 6.07) is -0.101. The molecule has 2 aliphatic rings. The molecule has 126 valence electrons. The number of oxazole rings is 1. The van der Waals surface area contributed by atoms with Crippen LogP contribution < -0.4 is 0 Å². The normalized spacial score (nSPS) is 28.1. The molecule has 7 nitrogen and oxygen atoms in total. The van der Waals surface area contributed by atoms with Gasteiger partial charge in [-0.05, 0) is 20.3 Å². The molecule has 3 atom stereocenters. The molecule has 0 bridgehead atoms. The van der Waals surface area contributed by atoms with E-state index in [2.05, 4.69) is 9.88 Å². The maximum atomic E-state index is 12.0. The standard InChI is InChI=1S/C16H23N3O4/c1-10-6-14(16(21)23-10)18-5-4-13(8-18)19(12(3)20)9-15-17-7-11(2)22-15/h7,10,13-14H,4-6,8-9H2,1-3H3/t10-,13-,14-/m1/s1. The topological polar surface area (TPSA) is 75.9 Å². The van der Waals surface area contributed by atoms with Crippen LogP contribution in [0.5, 0.6) is 0 Å². The van der Waals surface area contributed by atoms with Gasteiger partial charge in [-0.1, -0.05) is 0 Å². The first-order valence-electron chi connectivity index (χ1n) is 8.07. The van der Waals surface area contributed by atoms with Crippen LogP contribution in [0.4, 0.5) is 0 Å². The molecule has 0 saturated carbocycles. The average Bonchev–Trinajstić information content (AvgIpc) is 3.16. The minimum Gasteiger partial charge on any atom is -0.461 e. The number of hydrogen-bond acceptors (Lipinski definition) is 6. The highest BCUT2D eigenvalue weighted by atomic mass is 16.6. The van der Waals surface area contributed by atoms with Gasteiger partial charge in [0.15, 0.2) is 0 Å². The number of carbonyl (C=O) groups is 2. The number of hydrogen-bond donors (Lipinski definition) is 0. The van der Waals surface area contributed by atoms with Crippen molar-refractivity contribution >= 4 is 11.9 Å². The highest BCUT2D eigenvalue weighted by Gasteiger charge is 2.41. The van der Waals surface area contributed by atoms with Gasteiger partial charge in [0.25, 0.3) is 0 Å². The molecule has 1 aromatic heterocycles. The number of nitrogens with zero attached hydrogens (tertiary/aromatic N) is 3. The van der Waals surface area contributed by atoms with Gasteiger partial charge in [0.05, 0.1) is 12.7 Å². The molecule has 2 aliphatic heterocycles. The van der Waals surface area contributed by atoms with Crippen LogP contribution in [0, 0.1) is 6.92 Å². The molecular formula is C16H23N3O4. The van der Waals surface area contributed by atoms with Crippen LogP contribution >= 0.6 is 0 Å². The fraction of sp³-hybridized carbons (Fsp3) is 0.688. The number of aromatic nitrogens is 1. The van der Waals surface area contributed by atoms with Gasteiger partial charge in [-0.2, -0.15) is 0 Å². The smallest absolute Gasteiger partial charge is 0.323 e. The van der Waals surface area contributed by atoms with Gasteiger partial charge < -0.3 is 14.1 Å². The summed E-state index contributed by atoms with van der Waals surface area (Å²) in [5.41, 5.74) is 0. The fourth-order valence-electron chi connectivity index (χ4n) is 3.46. The lowest BCUT2D eigenvalue weighted by Gasteiger charge is -2.27. The summed E-state index contributed by atoms with van der Waals surface area (Å²) in [4.78, 5) is 32.0. The van der Waals surface area contributed by atoms with Crippen LogP contribution in [0.1, 0.15) is 38.3 Å². The van der Waals surface area contributed by atoms with Crippen molar-refractivity contribution < 1.29 is 18.7 Å². The van der Waals surface area contributed by atoms with Crippen molar-refractivity contribution in [2.45, 2.75) is 58.3 Å². The quantitative estimate of drug-likeness (QED) is 0.773. The van der Waals surface area contributed by atoms with E-state index in [9.17, 15) is 9.59 Å². The van der Waals surface area contributed by atoms with Crippen LogP contribution in [0.3, 0.4) is 0 Å². The van der Waals surface area contributed by atoms with Crippen molar-refractivity contribution in [2.75, 3.05) is 13.1 Å². The van der Waals surface area contributed by atoms with Crippen LogP contribution in [-0.4, -0.2) is 57.9 Å². The number of cyclic esters (lactones) is 1. The largest absolute Gasteiger partial charge is 0.461 e. The number of amides is 1. The molecule has 7 heteroatoms. The van der Waals surface area contributed by atoms with E-state index in [-0.39, 0.29) is 30.1 Å². The van der Waals surface area contributed by atoms with E-state index in [1.807, 2.05) is 13.8 Å². The van der Waals surface area contributed by atoms with E-state index in [0.717, 1.165) is 25.1 Å². The number of carbonyl (C=O) groups excluding carboxylic acids is 2. The van der Waals surface area contributed by atoms with Gasteiger partial charge in [0.2, 0.25) is 11.8 Å². The summed E-state index contributed by atoms with van der Waals surface area (Å²) >= 11 is 0. The van der Waals surface area contributed by atoms with E-state index >= 15 is 0 Å². The Labute approximate surface area is 135 Å². The molecule has 3 heterocycles. The van der Waals surface area contributed by atoms with Gasteiger partial charge in [-0.15, -0.1) is 0 Å². The number of aryl methyl sites for hydroxylation is 1. The Kier molecular flexibility index (Phi) is 4.39. The first kappa shape index (κ1) is 16.0. The molecule has 0 spiro atoms. The van der Waals surface area contributed by atoms with Crippen molar-refractivity contribution in [2.24, 2.45) is 0 Å². The predicted octanol–water partition coefficient (Wildman–Crippen LogP) is 1.11. The maximum Gasteiger partial charge on any atom is 0.323 e. The summed E-state index contributed by atoms with van der Waals surface area (Å²) < 4.78 is 10.7. The van der Waals surface area contributed by atoms with Gasteiger partial charge >= 0.3 is 5.97 Å². The van der Waals surface area contributed by atoms with Crippen LogP contribution in [0.25, 0.3) is 0 Å². The second kappa shape index (κ2) is 6.31. The van der Waals surface area contributed by atoms with E-state index in [0.29, 0.717) is 19.0 Å². The van der Waals surface area contributed by atoms with Crippen LogP contribution in [-0.2, 0) is 20.9 Å². The molecule has 1 amide bonds. The lowest BCUT2D eigenvalue weighted by atomic mass is 10.1. The van der Waals surface area contributed by atoms with E-state index < -0.39 is 0 Å². The summed E-state index contributed by atoms with van der Waals surface area (Å²) in [7, 11) is 0. The lowest BCUT2D eigenvalue weighted by Crippen LogP contribution is -2.43. The number of ether oxygens (including phenoxy) is 1. The highest BCUT2D eigenvalue weighted by molar-refractivity contribution is 5.78. The van der Waals surface area contributed by atoms with Crippen molar-refractivity contribution in [3.63, 3.8) is 0 Å². The number of esters is 1. The van der Waals surface area contributed by atoms with Gasteiger partial charge in [-0.3, -0.25) is 14.5 Å². The van der Waals surface area contributed by atoms with Crippen molar-refractivity contribution in [1.29, 1.82) is 0 Å². The molecule has 0 unspecified atom stereocenters. The number of rotatable bonds is 4. The molecule has 23 heavy (non-hydrogen) atoms. The van der Waals surface area contributed by atoms with Crippen molar-refractivity contribution in [3.05, 3.63) is 17.8 Å². The van der Waals surface area contributed by atoms with E-state index in [1.165, 1.54) is 0 Å². The maximum absolute atomic E-state index is 12.0. The Morgan fingerprint density at radius 1 is 1.52 bits per heavy atom. The van der Waals surface area contributed by atoms with E-state index in [4.69, 9.17) is 9.15 Å². The molecule has 3 rings (SSSR count). The van der Waals surface area contributed by atoms with Gasteiger partial charge in [-0.25, -0.2) is 4.98 Å². The van der Waals surface area contributed by atoms with Crippen LogP contribution in [0.2, 0.25) is 0 Å². The monoisotopic (exact) mass is 321 g/mol. The predicted molar refractivity (Wildman–Crippen MR) is 81.4 cm³/mol. The average molecular weight is 321 g/mol. The molecule has 2 saturated heterocycles. The molecular weight excluding hydrogens is 298 g/mol. The Bertz CT molecular complexity index is 600. The molecule has 0 aliphatic carbocycles. The van der Waals surface area contributed by atoms with Gasteiger partial charge in [0.1, 0.15) is 17.9 Å². The van der Waals surface area contributed by atoms with Crippen molar-refractivity contribution in [3.8, 4) is 0 Å². The molecule has 0 aromatic carbocycles. The first-order valence-corrected chi connectivity index (χ1v) is 8.07. The Hall–Kier alpha value is -1.89. The Balaban J connectivity index is 1.65. The summed E-state index contributed by atoms with van der Waals surface area (Å²) in [5, 5.41) is 0. The fourth-order valence-corrected chi connectivity index (χ4v) is 3.46. The first-order chi connectivity index (χ1) is 10.9. The van der Waals surface area contributed by atoms with Crippen LogP contribution in [0.15, 0.2) is 10.6 Å². The summed E-state index contributed by atoms with van der Waals surface area (Å²) in [6.45, 7) is 7.16. The third kappa shape index (κ3) is 3.39. The Morgan fingerprint density at radius 2 is 2.30 bits per heavy atom. The van der Waals surface area contributed by atoms with Gasteiger partial charge in [0, 0.05) is 32.5 Å². The minimum absolute atomic E-state index is 0.00457. The lowest BCUT2D eigenvalue weighted by molar-refractivity contribution is -0.144. The molecule has 1 aromatic rings.